The fourth-order valence-corrected chi connectivity index (χ4v) is 1.75. The zero-order valence-electron chi connectivity index (χ0n) is 9.43. The molecular weight excluding hydrogens is 202 g/mol. The van der Waals surface area contributed by atoms with E-state index in [4.69, 9.17) is 5.73 Å². The van der Waals surface area contributed by atoms with Crippen LogP contribution in [0.4, 0.5) is 5.69 Å². The molecule has 1 aromatic heterocycles. The molecule has 0 aliphatic heterocycles. The van der Waals surface area contributed by atoms with Crippen molar-refractivity contribution < 1.29 is 5.11 Å². The summed E-state index contributed by atoms with van der Waals surface area (Å²) in [4.78, 5) is 4.28. The molecule has 4 heteroatoms. The van der Waals surface area contributed by atoms with E-state index in [1.807, 2.05) is 29.7 Å². The number of hydrogen-bond acceptors (Lipinski definition) is 3. The third-order valence-corrected chi connectivity index (χ3v) is 2.82. The van der Waals surface area contributed by atoms with Gasteiger partial charge in [-0.05, 0) is 31.0 Å². The lowest BCUT2D eigenvalue weighted by Gasteiger charge is -2.08. The lowest BCUT2D eigenvalue weighted by Crippen LogP contribution is -2.09. The van der Waals surface area contributed by atoms with Gasteiger partial charge in [-0.1, -0.05) is 6.92 Å². The molecule has 3 N–H and O–H groups in total. The van der Waals surface area contributed by atoms with Crippen LogP contribution in [0.2, 0.25) is 0 Å². The molecule has 0 spiro atoms. The summed E-state index contributed by atoms with van der Waals surface area (Å²) in [6, 6.07) is 5.70. The van der Waals surface area contributed by atoms with Gasteiger partial charge in [0.05, 0.1) is 23.5 Å². The molecule has 0 amide bonds. The van der Waals surface area contributed by atoms with Gasteiger partial charge in [0, 0.05) is 12.2 Å². The largest absolute Gasteiger partial charge is 0.399 e. The Morgan fingerprint density at radius 1 is 1.50 bits per heavy atom. The van der Waals surface area contributed by atoms with Crippen LogP contribution < -0.4 is 5.73 Å². The van der Waals surface area contributed by atoms with Crippen LogP contribution in [0.1, 0.15) is 19.8 Å². The topological polar surface area (TPSA) is 64.1 Å². The molecule has 0 aliphatic carbocycles. The number of fused-ring (bicyclic) bond motifs is 1. The van der Waals surface area contributed by atoms with Crippen molar-refractivity contribution in [3.05, 3.63) is 24.5 Å². The number of hydrogen-bond donors (Lipinski definition) is 2. The summed E-state index contributed by atoms with van der Waals surface area (Å²) < 4.78 is 2.05. The molecule has 86 valence electrons. The number of nitrogens with zero attached hydrogens (tertiary/aromatic N) is 2. The van der Waals surface area contributed by atoms with Crippen molar-refractivity contribution >= 4 is 16.7 Å². The van der Waals surface area contributed by atoms with E-state index in [1.165, 1.54) is 0 Å². The molecule has 1 heterocycles. The molecule has 0 bridgehead atoms. The Morgan fingerprint density at radius 2 is 2.31 bits per heavy atom. The van der Waals surface area contributed by atoms with Gasteiger partial charge in [-0.3, -0.25) is 0 Å². The van der Waals surface area contributed by atoms with Gasteiger partial charge in [0.15, 0.2) is 0 Å². The predicted molar refractivity (Wildman–Crippen MR) is 65.1 cm³/mol. The van der Waals surface area contributed by atoms with Gasteiger partial charge >= 0.3 is 0 Å². The van der Waals surface area contributed by atoms with Gasteiger partial charge in [-0.25, -0.2) is 4.98 Å². The minimum absolute atomic E-state index is 0.230. The number of benzene rings is 1. The highest BCUT2D eigenvalue weighted by Crippen LogP contribution is 2.16. The third-order valence-electron chi connectivity index (χ3n) is 2.82. The number of aliphatic hydroxyl groups excluding tert-OH is 1. The summed E-state index contributed by atoms with van der Waals surface area (Å²) in [7, 11) is 0. The number of nitrogen functional groups attached to an aromatic ring is 1. The molecule has 0 fully saturated rings. The van der Waals surface area contributed by atoms with E-state index in [0.29, 0.717) is 0 Å². The van der Waals surface area contributed by atoms with E-state index in [-0.39, 0.29) is 6.10 Å². The Kier molecular flexibility index (Phi) is 3.10. The summed E-state index contributed by atoms with van der Waals surface area (Å²) >= 11 is 0. The quantitative estimate of drug-likeness (QED) is 0.770. The van der Waals surface area contributed by atoms with Crippen molar-refractivity contribution in [1.82, 2.24) is 9.55 Å². The molecular formula is C12H17N3O. The Morgan fingerprint density at radius 3 is 3.06 bits per heavy atom. The highest BCUT2D eigenvalue weighted by molar-refractivity contribution is 5.78. The average Bonchev–Trinajstić information content (AvgIpc) is 2.68. The van der Waals surface area contributed by atoms with Gasteiger partial charge in [0.25, 0.3) is 0 Å². The van der Waals surface area contributed by atoms with Gasteiger partial charge in [-0.2, -0.15) is 0 Å². The molecule has 0 aliphatic rings. The molecule has 2 rings (SSSR count). The fraction of sp³-hybridized carbons (Fsp3) is 0.417. The molecule has 1 aromatic carbocycles. The van der Waals surface area contributed by atoms with Crippen molar-refractivity contribution in [2.24, 2.45) is 0 Å². The van der Waals surface area contributed by atoms with Crippen molar-refractivity contribution in [2.45, 2.75) is 32.4 Å². The Balaban J connectivity index is 2.19. The molecule has 0 saturated carbocycles. The molecule has 0 radical (unpaired) electrons. The van der Waals surface area contributed by atoms with Crippen LogP contribution in [0.15, 0.2) is 24.5 Å². The number of rotatable bonds is 4. The minimum Gasteiger partial charge on any atom is -0.399 e. The first kappa shape index (κ1) is 11.0. The number of aliphatic hydroxyl groups is 1. The highest BCUT2D eigenvalue weighted by Gasteiger charge is 2.05. The molecule has 1 unspecified atom stereocenters. The highest BCUT2D eigenvalue weighted by atomic mass is 16.3. The first-order chi connectivity index (χ1) is 7.70. The number of aryl methyl sites for hydroxylation is 1. The maximum Gasteiger partial charge on any atom is 0.0958 e. The summed E-state index contributed by atoms with van der Waals surface area (Å²) in [6.07, 6.45) is 3.12. The monoisotopic (exact) mass is 219 g/mol. The minimum atomic E-state index is -0.230. The lowest BCUT2D eigenvalue weighted by molar-refractivity contribution is 0.155. The Labute approximate surface area is 94.7 Å². The van der Waals surface area contributed by atoms with Crippen LogP contribution in [0, 0.1) is 0 Å². The van der Waals surface area contributed by atoms with Gasteiger partial charge in [0.2, 0.25) is 0 Å². The van der Waals surface area contributed by atoms with Crippen LogP contribution in [0.5, 0.6) is 0 Å². The van der Waals surface area contributed by atoms with E-state index in [2.05, 4.69) is 4.98 Å². The average molecular weight is 219 g/mol. The second-order valence-electron chi connectivity index (χ2n) is 4.04. The van der Waals surface area contributed by atoms with Gasteiger partial charge in [-0.15, -0.1) is 0 Å². The first-order valence-corrected chi connectivity index (χ1v) is 5.59. The van der Waals surface area contributed by atoms with E-state index in [9.17, 15) is 5.11 Å². The van der Waals surface area contributed by atoms with Crippen LogP contribution >= 0.6 is 0 Å². The lowest BCUT2D eigenvalue weighted by atomic mass is 10.2. The summed E-state index contributed by atoms with van der Waals surface area (Å²) in [5.41, 5.74) is 8.39. The Bertz CT molecular complexity index is 478. The second-order valence-corrected chi connectivity index (χ2v) is 4.04. The number of anilines is 1. The van der Waals surface area contributed by atoms with Crippen molar-refractivity contribution in [3.8, 4) is 0 Å². The van der Waals surface area contributed by atoms with Crippen LogP contribution in [0.3, 0.4) is 0 Å². The zero-order chi connectivity index (χ0) is 11.5. The molecule has 1 atom stereocenters. The normalized spacial score (nSPS) is 13.1. The SMILES string of the molecule is CCC(O)CCn1cnc2cc(N)ccc21. The molecule has 2 aromatic rings. The summed E-state index contributed by atoms with van der Waals surface area (Å²) in [5.74, 6) is 0. The summed E-state index contributed by atoms with van der Waals surface area (Å²) in [6.45, 7) is 2.77. The van der Waals surface area contributed by atoms with Gasteiger partial charge in [0.1, 0.15) is 0 Å². The summed E-state index contributed by atoms with van der Waals surface area (Å²) in [5, 5.41) is 9.52. The first-order valence-electron chi connectivity index (χ1n) is 5.59. The zero-order valence-corrected chi connectivity index (χ0v) is 9.43. The van der Waals surface area contributed by atoms with Crippen LogP contribution in [0.25, 0.3) is 11.0 Å². The van der Waals surface area contributed by atoms with E-state index in [1.54, 1.807) is 6.33 Å². The second kappa shape index (κ2) is 4.53. The maximum absolute atomic E-state index is 9.52. The standard InChI is InChI=1S/C12H17N3O/c1-2-10(16)5-6-15-8-14-11-7-9(13)3-4-12(11)15/h3-4,7-8,10,16H,2,5-6,13H2,1H3. The number of aromatic nitrogens is 2. The molecule has 4 nitrogen and oxygen atoms in total. The van der Waals surface area contributed by atoms with E-state index < -0.39 is 0 Å². The third kappa shape index (κ3) is 2.17. The Hall–Kier alpha value is -1.55. The van der Waals surface area contributed by atoms with Crippen molar-refractivity contribution in [2.75, 3.05) is 5.73 Å². The van der Waals surface area contributed by atoms with Crippen LogP contribution in [-0.2, 0) is 6.54 Å². The van der Waals surface area contributed by atoms with Crippen molar-refractivity contribution in [1.29, 1.82) is 0 Å². The van der Waals surface area contributed by atoms with E-state index in [0.717, 1.165) is 36.1 Å². The molecule has 16 heavy (non-hydrogen) atoms. The van der Waals surface area contributed by atoms with Crippen molar-refractivity contribution in [3.63, 3.8) is 0 Å². The maximum atomic E-state index is 9.52. The number of nitrogens with two attached hydrogens (primary N) is 1. The number of imidazole rings is 1. The van der Waals surface area contributed by atoms with Gasteiger partial charge < -0.3 is 15.4 Å². The molecule has 0 saturated heterocycles. The smallest absolute Gasteiger partial charge is 0.0958 e. The predicted octanol–water partition coefficient (Wildman–Crippen LogP) is 1.78. The fourth-order valence-electron chi connectivity index (χ4n) is 1.75. The van der Waals surface area contributed by atoms with Crippen LogP contribution in [-0.4, -0.2) is 20.8 Å². The van der Waals surface area contributed by atoms with E-state index >= 15 is 0 Å².